The molecule has 0 radical (unpaired) electrons. The standard InChI is InChI=1S/C32H43ClN4O4/c1-20-12-17-36(18-13-20)15-6-16-37-28(30(39)34-22-7-4-3-5-8-22)32-14-11-25(41-32)26(27(32)31(37)40)29(38)35-23-10-9-21(2)24(33)19-23/h9-11,14,19-20,22,25-28H,3-8,12-13,15-18H2,1-2H3,(H,34,39)(H,35,38)/t25-,26-,27-,28-,32-/m0/s1. The minimum absolute atomic E-state index is 0.118. The quantitative estimate of drug-likeness (QED) is 0.446. The fourth-order valence-electron chi connectivity index (χ4n) is 7.68. The number of carbonyl (C=O) groups is 3. The maximum atomic E-state index is 14.2. The number of benzene rings is 1. The summed E-state index contributed by atoms with van der Waals surface area (Å²) in [6.45, 7) is 7.72. The Kier molecular flexibility index (Phi) is 8.18. The van der Waals surface area contributed by atoms with Crippen LogP contribution in [0.4, 0.5) is 5.69 Å². The first-order valence-electron chi connectivity index (χ1n) is 15.5. The van der Waals surface area contributed by atoms with Crippen LogP contribution in [0, 0.1) is 24.7 Å². The van der Waals surface area contributed by atoms with Crippen LogP contribution in [0.15, 0.2) is 30.4 Å². The number of nitrogens with one attached hydrogen (secondary N) is 2. The van der Waals surface area contributed by atoms with Crippen molar-refractivity contribution in [2.45, 2.75) is 89.0 Å². The monoisotopic (exact) mass is 582 g/mol. The fraction of sp³-hybridized carbons (Fsp3) is 0.656. The third-order valence-electron chi connectivity index (χ3n) is 10.1. The second-order valence-electron chi connectivity index (χ2n) is 12.9. The number of anilines is 1. The van der Waals surface area contributed by atoms with Gasteiger partial charge in [-0.2, -0.15) is 0 Å². The topological polar surface area (TPSA) is 91.0 Å². The number of halogens is 1. The van der Waals surface area contributed by atoms with Gasteiger partial charge in [0.2, 0.25) is 17.7 Å². The van der Waals surface area contributed by atoms with Gasteiger partial charge in [0.1, 0.15) is 11.6 Å². The summed E-state index contributed by atoms with van der Waals surface area (Å²) >= 11 is 6.30. The second-order valence-corrected chi connectivity index (χ2v) is 13.3. The predicted octanol–water partition coefficient (Wildman–Crippen LogP) is 4.31. The van der Waals surface area contributed by atoms with E-state index in [4.69, 9.17) is 16.3 Å². The molecule has 3 amide bonds. The number of ether oxygens (including phenoxy) is 1. The highest BCUT2D eigenvalue weighted by molar-refractivity contribution is 6.31. The second kappa shape index (κ2) is 11.7. The molecule has 0 aromatic heterocycles. The molecule has 41 heavy (non-hydrogen) atoms. The summed E-state index contributed by atoms with van der Waals surface area (Å²) in [4.78, 5) is 46.0. The molecule has 4 heterocycles. The van der Waals surface area contributed by atoms with Gasteiger partial charge in [0, 0.05) is 23.3 Å². The number of hydrogen-bond donors (Lipinski definition) is 2. The number of fused-ring (bicyclic) bond motifs is 1. The minimum atomic E-state index is -1.13. The lowest BCUT2D eigenvalue weighted by Gasteiger charge is -2.35. The van der Waals surface area contributed by atoms with Crippen molar-refractivity contribution in [2.24, 2.45) is 17.8 Å². The van der Waals surface area contributed by atoms with E-state index in [0.29, 0.717) is 17.3 Å². The van der Waals surface area contributed by atoms with Crippen LogP contribution in [0.25, 0.3) is 0 Å². The van der Waals surface area contributed by atoms with Crippen LogP contribution in [0.1, 0.15) is 63.9 Å². The number of nitrogens with zero attached hydrogens (tertiary/aromatic N) is 2. The van der Waals surface area contributed by atoms with Crippen molar-refractivity contribution in [3.63, 3.8) is 0 Å². The average molecular weight is 583 g/mol. The number of amides is 3. The smallest absolute Gasteiger partial charge is 0.246 e. The first-order chi connectivity index (χ1) is 19.8. The van der Waals surface area contributed by atoms with E-state index in [1.807, 2.05) is 31.2 Å². The number of likely N-dealkylation sites (tertiary alicyclic amines) is 2. The van der Waals surface area contributed by atoms with Gasteiger partial charge in [-0.3, -0.25) is 14.4 Å². The first-order valence-corrected chi connectivity index (χ1v) is 15.9. The van der Waals surface area contributed by atoms with E-state index in [2.05, 4.69) is 22.5 Å². The molecule has 5 atom stereocenters. The lowest BCUT2D eigenvalue weighted by atomic mass is 9.74. The number of piperidine rings is 1. The van der Waals surface area contributed by atoms with E-state index in [-0.39, 0.29) is 23.8 Å². The van der Waals surface area contributed by atoms with E-state index in [1.54, 1.807) is 11.0 Å². The highest BCUT2D eigenvalue weighted by atomic mass is 35.5. The Labute approximate surface area is 248 Å². The van der Waals surface area contributed by atoms with Crippen molar-refractivity contribution < 1.29 is 19.1 Å². The first kappa shape index (κ1) is 28.7. The summed E-state index contributed by atoms with van der Waals surface area (Å²) in [6.07, 6.45) is 11.7. The lowest BCUT2D eigenvalue weighted by Crippen LogP contribution is -2.56. The number of rotatable bonds is 8. The molecule has 1 aliphatic carbocycles. The number of hydrogen-bond acceptors (Lipinski definition) is 5. The minimum Gasteiger partial charge on any atom is -0.359 e. The third kappa shape index (κ3) is 5.43. The summed E-state index contributed by atoms with van der Waals surface area (Å²) in [5, 5.41) is 6.80. The van der Waals surface area contributed by atoms with Crippen molar-refractivity contribution in [3.8, 4) is 0 Å². The average Bonchev–Trinajstić information content (AvgIpc) is 3.60. The largest absolute Gasteiger partial charge is 0.359 e. The molecule has 1 saturated carbocycles. The Morgan fingerprint density at radius 2 is 1.83 bits per heavy atom. The van der Waals surface area contributed by atoms with Gasteiger partial charge >= 0.3 is 0 Å². The van der Waals surface area contributed by atoms with Gasteiger partial charge in [0.05, 0.1) is 17.9 Å². The molecule has 1 aromatic rings. The normalized spacial score (nSPS) is 32.0. The highest BCUT2D eigenvalue weighted by Crippen LogP contribution is 2.55. The van der Waals surface area contributed by atoms with Crippen LogP contribution >= 0.6 is 11.6 Å². The van der Waals surface area contributed by atoms with Crippen LogP contribution < -0.4 is 10.6 Å². The molecule has 4 fully saturated rings. The van der Waals surface area contributed by atoms with Gasteiger partial charge in [-0.1, -0.05) is 56.0 Å². The van der Waals surface area contributed by atoms with Crippen LogP contribution in [0.2, 0.25) is 5.02 Å². The SMILES string of the molecule is Cc1ccc(NC(=O)[C@H]2[C@@H]3C=C[C@]4(O3)[C@@H]2C(=O)N(CCCN2CCC(C)CC2)[C@H]4C(=O)NC2CCCCC2)cc1Cl. The van der Waals surface area contributed by atoms with Gasteiger partial charge in [-0.25, -0.2) is 0 Å². The Morgan fingerprint density at radius 1 is 1.07 bits per heavy atom. The Morgan fingerprint density at radius 3 is 2.56 bits per heavy atom. The molecule has 2 bridgehead atoms. The molecular formula is C32H43ClN4O4. The summed E-state index contributed by atoms with van der Waals surface area (Å²) in [5.41, 5.74) is 0.368. The molecular weight excluding hydrogens is 540 g/mol. The van der Waals surface area contributed by atoms with Gasteiger partial charge < -0.3 is 25.2 Å². The molecule has 5 aliphatic rings. The molecule has 2 N–H and O–H groups in total. The molecule has 4 aliphatic heterocycles. The Bertz CT molecular complexity index is 1210. The van der Waals surface area contributed by atoms with Crippen molar-refractivity contribution in [1.29, 1.82) is 0 Å². The zero-order valence-corrected chi connectivity index (χ0v) is 25.0. The molecule has 1 aromatic carbocycles. The summed E-state index contributed by atoms with van der Waals surface area (Å²) in [7, 11) is 0. The van der Waals surface area contributed by atoms with Gasteiger partial charge in [-0.15, -0.1) is 0 Å². The van der Waals surface area contributed by atoms with Gasteiger partial charge in [0.15, 0.2) is 0 Å². The van der Waals surface area contributed by atoms with Crippen LogP contribution in [0.3, 0.4) is 0 Å². The summed E-state index contributed by atoms with van der Waals surface area (Å²) < 4.78 is 6.50. The van der Waals surface area contributed by atoms with E-state index in [1.165, 1.54) is 19.3 Å². The van der Waals surface area contributed by atoms with Gasteiger partial charge in [0.25, 0.3) is 0 Å². The summed E-state index contributed by atoms with van der Waals surface area (Å²) in [5.74, 6) is -1.29. The molecule has 9 heteroatoms. The van der Waals surface area contributed by atoms with E-state index >= 15 is 0 Å². The van der Waals surface area contributed by atoms with Crippen LogP contribution in [0.5, 0.6) is 0 Å². The van der Waals surface area contributed by atoms with Gasteiger partial charge in [-0.05, 0) is 82.3 Å². The predicted molar refractivity (Wildman–Crippen MR) is 159 cm³/mol. The van der Waals surface area contributed by atoms with Crippen LogP contribution in [-0.2, 0) is 19.1 Å². The lowest BCUT2D eigenvalue weighted by molar-refractivity contribution is -0.141. The molecule has 1 spiro atoms. The summed E-state index contributed by atoms with van der Waals surface area (Å²) in [6, 6.07) is 4.72. The number of aryl methyl sites for hydroxylation is 1. The van der Waals surface area contributed by atoms with Crippen molar-refractivity contribution in [2.75, 3.05) is 31.5 Å². The Hall–Kier alpha value is -2.42. The van der Waals surface area contributed by atoms with Crippen molar-refractivity contribution in [1.82, 2.24) is 15.1 Å². The molecule has 0 unspecified atom stereocenters. The van der Waals surface area contributed by atoms with E-state index in [9.17, 15) is 14.4 Å². The van der Waals surface area contributed by atoms with Crippen molar-refractivity contribution >= 4 is 35.0 Å². The zero-order chi connectivity index (χ0) is 28.7. The number of carbonyl (C=O) groups excluding carboxylic acids is 3. The Balaban J connectivity index is 1.23. The van der Waals surface area contributed by atoms with E-state index < -0.39 is 29.6 Å². The molecule has 6 rings (SSSR count). The van der Waals surface area contributed by atoms with Crippen molar-refractivity contribution in [3.05, 3.63) is 40.9 Å². The molecule has 3 saturated heterocycles. The molecule has 222 valence electrons. The van der Waals surface area contributed by atoms with Crippen LogP contribution in [-0.4, -0.2) is 77.5 Å². The third-order valence-corrected chi connectivity index (χ3v) is 10.5. The highest BCUT2D eigenvalue weighted by Gasteiger charge is 2.72. The maximum Gasteiger partial charge on any atom is 0.246 e. The molecule has 8 nitrogen and oxygen atoms in total. The fourth-order valence-corrected chi connectivity index (χ4v) is 7.86. The zero-order valence-electron chi connectivity index (χ0n) is 24.2. The van der Waals surface area contributed by atoms with E-state index in [0.717, 1.165) is 63.2 Å². The maximum absolute atomic E-state index is 14.2.